The van der Waals surface area contributed by atoms with Crippen LogP contribution in [0.5, 0.6) is 11.5 Å². The van der Waals surface area contributed by atoms with Crippen LogP contribution in [0.4, 0.5) is 4.39 Å². The van der Waals surface area contributed by atoms with Crippen molar-refractivity contribution in [2.24, 2.45) is 11.7 Å². The van der Waals surface area contributed by atoms with Crippen LogP contribution in [0.3, 0.4) is 0 Å². The van der Waals surface area contributed by atoms with Gasteiger partial charge in [0.2, 0.25) is 5.91 Å². The van der Waals surface area contributed by atoms with Gasteiger partial charge in [-0.05, 0) is 74.9 Å². The summed E-state index contributed by atoms with van der Waals surface area (Å²) in [6.07, 6.45) is 5.49. The number of rotatable bonds is 9. The molecule has 10 nitrogen and oxygen atoms in total. The van der Waals surface area contributed by atoms with Crippen molar-refractivity contribution in [1.82, 2.24) is 20.1 Å². The SMILES string of the molecule is COc1cc(C(=O)NC[C@](O)(c2cc3c(c(-c4ccc(F)c(Cl)c4)n2)OC[C@]3(C)C(N)=O)C2CC2)cc2cn(C3CC3)nc12. The van der Waals surface area contributed by atoms with Crippen LogP contribution in [0.25, 0.3) is 22.2 Å². The number of methoxy groups -OCH3 is 1. The molecule has 44 heavy (non-hydrogen) atoms. The van der Waals surface area contributed by atoms with E-state index in [1.54, 1.807) is 25.1 Å². The minimum Gasteiger partial charge on any atom is -0.494 e. The molecule has 12 heteroatoms. The van der Waals surface area contributed by atoms with Gasteiger partial charge in [-0.3, -0.25) is 14.3 Å². The van der Waals surface area contributed by atoms with Gasteiger partial charge in [0.1, 0.15) is 46.1 Å². The quantitative estimate of drug-likeness (QED) is 0.252. The van der Waals surface area contributed by atoms with Gasteiger partial charge in [0, 0.05) is 28.3 Å². The van der Waals surface area contributed by atoms with Gasteiger partial charge in [0.05, 0.1) is 30.4 Å². The molecular weight excluding hydrogens is 589 g/mol. The second-order valence-corrected chi connectivity index (χ2v) is 12.6. The molecule has 4 aromatic rings. The molecule has 2 aromatic heterocycles. The lowest BCUT2D eigenvalue weighted by Gasteiger charge is -2.30. The smallest absolute Gasteiger partial charge is 0.251 e. The number of pyridine rings is 1. The highest BCUT2D eigenvalue weighted by Gasteiger charge is 2.50. The first-order chi connectivity index (χ1) is 21.0. The number of hydrogen-bond donors (Lipinski definition) is 3. The highest BCUT2D eigenvalue weighted by atomic mass is 35.5. The Morgan fingerprint density at radius 2 is 2.02 bits per heavy atom. The van der Waals surface area contributed by atoms with E-state index < -0.39 is 28.6 Å². The van der Waals surface area contributed by atoms with E-state index in [2.05, 4.69) is 10.4 Å². The lowest BCUT2D eigenvalue weighted by atomic mass is 9.81. The first-order valence-corrected chi connectivity index (χ1v) is 14.9. The number of nitrogens with zero attached hydrogens (tertiary/aromatic N) is 3. The van der Waals surface area contributed by atoms with Gasteiger partial charge in [-0.25, -0.2) is 9.37 Å². The molecule has 0 radical (unpaired) electrons. The van der Waals surface area contributed by atoms with Crippen molar-refractivity contribution in [1.29, 1.82) is 0 Å². The number of carbonyl (C=O) groups is 2. The average Bonchev–Trinajstić information content (AvgIpc) is 3.96. The van der Waals surface area contributed by atoms with Gasteiger partial charge in [-0.1, -0.05) is 11.6 Å². The predicted octanol–water partition coefficient (Wildman–Crippen LogP) is 4.40. The van der Waals surface area contributed by atoms with E-state index >= 15 is 0 Å². The van der Waals surface area contributed by atoms with Crippen LogP contribution in [-0.4, -0.2) is 51.9 Å². The fraction of sp³-hybridized carbons (Fsp3) is 0.375. The molecule has 1 aliphatic heterocycles. The molecule has 0 spiro atoms. The van der Waals surface area contributed by atoms with E-state index in [0.717, 1.165) is 18.2 Å². The third-order valence-electron chi connectivity index (χ3n) is 9.02. The lowest BCUT2D eigenvalue weighted by molar-refractivity contribution is -0.123. The standard InChI is InChI=1S/C32H31ClFN5O5/c1-31(30(35)41)15-44-28-21(31)12-25(37-27(28)16-3-8-23(34)22(33)10-16)32(42,19-4-5-19)14-36-29(40)17-9-18-13-39(20-6-7-20)38-26(18)24(11-17)43-2/h3,8-13,19-20,42H,4-7,14-15H2,1-2H3,(H2,35,41)(H,36,40)/t31-,32+/m0/s1. The van der Waals surface area contributed by atoms with Crippen LogP contribution in [-0.2, 0) is 15.8 Å². The van der Waals surface area contributed by atoms with Crippen LogP contribution in [0.1, 0.15) is 60.3 Å². The summed E-state index contributed by atoms with van der Waals surface area (Å²) in [6, 6.07) is 9.53. The first kappa shape index (κ1) is 28.5. The molecule has 2 aliphatic carbocycles. The molecule has 3 heterocycles. The summed E-state index contributed by atoms with van der Waals surface area (Å²) in [4.78, 5) is 30.9. The Kier molecular flexibility index (Phi) is 6.60. The average molecular weight is 620 g/mol. The van der Waals surface area contributed by atoms with Gasteiger partial charge in [-0.2, -0.15) is 5.10 Å². The topological polar surface area (TPSA) is 142 Å². The molecule has 7 rings (SSSR count). The minimum atomic E-state index is -1.59. The van der Waals surface area contributed by atoms with Crippen molar-refractivity contribution in [3.8, 4) is 22.8 Å². The zero-order chi connectivity index (χ0) is 31.0. The van der Waals surface area contributed by atoms with Crippen molar-refractivity contribution in [2.75, 3.05) is 20.3 Å². The highest BCUT2D eigenvalue weighted by Crippen LogP contribution is 2.50. The summed E-state index contributed by atoms with van der Waals surface area (Å²) in [7, 11) is 1.54. The molecule has 2 amide bonds. The summed E-state index contributed by atoms with van der Waals surface area (Å²) in [5.41, 5.74) is 5.50. The number of aromatic nitrogens is 3. The van der Waals surface area contributed by atoms with Gasteiger partial charge in [0.15, 0.2) is 0 Å². The Morgan fingerprint density at radius 3 is 2.68 bits per heavy atom. The third-order valence-corrected chi connectivity index (χ3v) is 9.31. The Hall–Kier alpha value is -4.22. The summed E-state index contributed by atoms with van der Waals surface area (Å²) < 4.78 is 27.5. The highest BCUT2D eigenvalue weighted by molar-refractivity contribution is 6.31. The van der Waals surface area contributed by atoms with E-state index in [4.69, 9.17) is 31.8 Å². The van der Waals surface area contributed by atoms with Crippen LogP contribution in [0.15, 0.2) is 42.6 Å². The molecule has 3 aliphatic rings. The monoisotopic (exact) mass is 619 g/mol. The van der Waals surface area contributed by atoms with Crippen molar-refractivity contribution in [3.63, 3.8) is 0 Å². The number of benzene rings is 2. The van der Waals surface area contributed by atoms with Gasteiger partial charge >= 0.3 is 0 Å². The third kappa shape index (κ3) is 4.66. The predicted molar refractivity (Wildman–Crippen MR) is 160 cm³/mol. The molecule has 0 bridgehead atoms. The minimum absolute atomic E-state index is 0.0229. The lowest BCUT2D eigenvalue weighted by Crippen LogP contribution is -2.44. The Balaban J connectivity index is 1.26. The van der Waals surface area contributed by atoms with Crippen molar-refractivity contribution in [3.05, 3.63) is 70.3 Å². The summed E-state index contributed by atoms with van der Waals surface area (Å²) in [6.45, 7) is 1.49. The maximum Gasteiger partial charge on any atom is 0.251 e. The molecular formula is C32H31ClFN5O5. The van der Waals surface area contributed by atoms with Gasteiger partial charge in [0.25, 0.3) is 5.91 Å². The van der Waals surface area contributed by atoms with E-state index in [-0.39, 0.29) is 35.5 Å². The second kappa shape index (κ2) is 10.2. The van der Waals surface area contributed by atoms with Crippen molar-refractivity contribution < 1.29 is 28.6 Å². The van der Waals surface area contributed by atoms with Gasteiger partial charge < -0.3 is 25.6 Å². The molecule has 0 unspecified atom stereocenters. The molecule has 2 saturated carbocycles. The fourth-order valence-corrected chi connectivity index (χ4v) is 6.09. The molecule has 2 atom stereocenters. The van der Waals surface area contributed by atoms with Gasteiger partial charge in [-0.15, -0.1) is 0 Å². The van der Waals surface area contributed by atoms with Crippen LogP contribution < -0.4 is 20.5 Å². The molecule has 4 N–H and O–H groups in total. The number of fused-ring (bicyclic) bond motifs is 2. The maximum atomic E-state index is 14.1. The summed E-state index contributed by atoms with van der Waals surface area (Å²) >= 11 is 6.10. The number of nitrogens with one attached hydrogen (secondary N) is 1. The molecule has 2 fully saturated rings. The van der Waals surface area contributed by atoms with E-state index in [1.807, 2.05) is 10.9 Å². The van der Waals surface area contributed by atoms with Crippen LogP contribution in [0.2, 0.25) is 5.02 Å². The number of amides is 2. The fourth-order valence-electron chi connectivity index (χ4n) is 5.90. The van der Waals surface area contributed by atoms with Crippen LogP contribution in [0, 0.1) is 11.7 Å². The van der Waals surface area contributed by atoms with E-state index in [0.29, 0.717) is 52.6 Å². The number of ether oxygens (including phenoxy) is 2. The number of aliphatic hydroxyl groups is 1. The number of halogens is 2. The Morgan fingerprint density at radius 1 is 1.25 bits per heavy atom. The normalized spacial score (nSPS) is 20.6. The second-order valence-electron chi connectivity index (χ2n) is 12.2. The largest absolute Gasteiger partial charge is 0.494 e. The molecule has 0 saturated heterocycles. The van der Waals surface area contributed by atoms with Crippen molar-refractivity contribution >= 4 is 34.3 Å². The summed E-state index contributed by atoms with van der Waals surface area (Å²) in [5.74, 6) is -1.01. The van der Waals surface area contributed by atoms with E-state index in [1.165, 1.54) is 25.3 Å². The Bertz CT molecular complexity index is 1850. The maximum absolute atomic E-state index is 14.1. The zero-order valence-electron chi connectivity index (χ0n) is 24.2. The molecule has 228 valence electrons. The number of hydrogen-bond acceptors (Lipinski definition) is 7. The van der Waals surface area contributed by atoms with Crippen molar-refractivity contribution in [2.45, 2.75) is 49.7 Å². The van der Waals surface area contributed by atoms with E-state index in [9.17, 15) is 19.1 Å². The zero-order valence-corrected chi connectivity index (χ0v) is 24.9. The first-order valence-electron chi connectivity index (χ1n) is 14.5. The number of primary amides is 1. The number of nitrogens with two attached hydrogens (primary N) is 1. The number of carbonyl (C=O) groups excluding carboxylic acids is 2. The Labute approximate surface area is 257 Å². The summed E-state index contributed by atoms with van der Waals surface area (Å²) in [5, 5.41) is 20.4. The molecule has 2 aromatic carbocycles. The van der Waals surface area contributed by atoms with Crippen LogP contribution >= 0.6 is 11.6 Å².